The molecule has 0 amide bonds. The van der Waals surface area contributed by atoms with E-state index in [4.69, 9.17) is 4.74 Å². The zero-order chi connectivity index (χ0) is 14.9. The summed E-state index contributed by atoms with van der Waals surface area (Å²) in [6.45, 7) is 0. The maximum absolute atomic E-state index is 5.83. The first kappa shape index (κ1) is 12.8. The predicted molar refractivity (Wildman–Crippen MR) is 90.9 cm³/mol. The number of anilines is 1. The van der Waals surface area contributed by atoms with Crippen molar-refractivity contribution in [2.24, 2.45) is 0 Å². The van der Waals surface area contributed by atoms with Crippen LogP contribution in [0.4, 0.5) is 5.69 Å². The lowest BCUT2D eigenvalue weighted by Gasteiger charge is -2.07. The number of para-hydroxylation sites is 2. The monoisotopic (exact) mass is 285 g/mol. The van der Waals surface area contributed by atoms with Gasteiger partial charge in [-0.1, -0.05) is 54.3 Å². The number of hydrogen-bond acceptors (Lipinski definition) is 2. The fourth-order valence-corrected chi connectivity index (χ4v) is 2.67. The topological polar surface area (TPSA) is 12.5 Å². The van der Waals surface area contributed by atoms with Gasteiger partial charge in [0, 0.05) is 7.05 Å². The third-order valence-electron chi connectivity index (χ3n) is 3.87. The van der Waals surface area contributed by atoms with Gasteiger partial charge in [-0.2, -0.15) is 0 Å². The van der Waals surface area contributed by atoms with Crippen molar-refractivity contribution >= 4 is 22.5 Å². The van der Waals surface area contributed by atoms with E-state index >= 15 is 0 Å². The second-order valence-electron chi connectivity index (χ2n) is 5.33. The summed E-state index contributed by atoms with van der Waals surface area (Å²) in [7, 11) is 1.99. The van der Waals surface area contributed by atoms with Crippen LogP contribution in [0.5, 0.6) is 5.75 Å². The van der Waals surface area contributed by atoms with Crippen molar-refractivity contribution < 1.29 is 4.74 Å². The minimum atomic E-state index is 0.717. The molecule has 3 aromatic rings. The Kier molecular flexibility index (Phi) is 2.96. The molecular formula is C20H15NO. The molecule has 0 saturated carbocycles. The van der Waals surface area contributed by atoms with Gasteiger partial charge >= 0.3 is 0 Å². The van der Waals surface area contributed by atoms with Gasteiger partial charge < -0.3 is 9.64 Å². The Hall–Kier alpha value is -2.96. The molecule has 22 heavy (non-hydrogen) atoms. The van der Waals surface area contributed by atoms with E-state index in [0.29, 0.717) is 5.88 Å². The highest BCUT2D eigenvalue weighted by Crippen LogP contribution is 2.36. The number of hydrogen-bond donors (Lipinski definition) is 0. The SMILES string of the molecule is CN1C(=C=Cc2ccc3ccccc3c2)Oc2ccccc21. The summed E-state index contributed by atoms with van der Waals surface area (Å²) in [6.07, 6.45) is 1.96. The van der Waals surface area contributed by atoms with Crippen molar-refractivity contribution in [1.29, 1.82) is 0 Å². The van der Waals surface area contributed by atoms with E-state index in [-0.39, 0.29) is 0 Å². The summed E-state index contributed by atoms with van der Waals surface area (Å²) in [5.74, 6) is 1.59. The molecular weight excluding hydrogens is 270 g/mol. The molecule has 0 aliphatic carbocycles. The van der Waals surface area contributed by atoms with Crippen molar-refractivity contribution in [2.75, 3.05) is 11.9 Å². The molecule has 1 aliphatic rings. The van der Waals surface area contributed by atoms with Crippen LogP contribution in [-0.2, 0) is 0 Å². The molecule has 2 nitrogen and oxygen atoms in total. The van der Waals surface area contributed by atoms with Crippen LogP contribution in [0, 0.1) is 0 Å². The molecule has 4 rings (SSSR count). The van der Waals surface area contributed by atoms with Crippen LogP contribution < -0.4 is 9.64 Å². The fraction of sp³-hybridized carbons (Fsp3) is 0.0500. The van der Waals surface area contributed by atoms with Crippen molar-refractivity contribution in [2.45, 2.75) is 0 Å². The lowest BCUT2D eigenvalue weighted by Crippen LogP contribution is -2.12. The highest BCUT2D eigenvalue weighted by molar-refractivity contribution is 5.84. The van der Waals surface area contributed by atoms with Crippen LogP contribution in [0.15, 0.2) is 78.3 Å². The Labute approximate surface area is 129 Å². The summed E-state index contributed by atoms with van der Waals surface area (Å²) < 4.78 is 5.83. The summed E-state index contributed by atoms with van der Waals surface area (Å²) in [5.41, 5.74) is 5.43. The molecule has 106 valence electrons. The quantitative estimate of drug-likeness (QED) is 0.594. The maximum atomic E-state index is 5.83. The largest absolute Gasteiger partial charge is 0.432 e. The van der Waals surface area contributed by atoms with Crippen LogP contribution in [0.2, 0.25) is 0 Å². The van der Waals surface area contributed by atoms with E-state index in [9.17, 15) is 0 Å². The van der Waals surface area contributed by atoms with Crippen LogP contribution in [0.3, 0.4) is 0 Å². The lowest BCUT2D eigenvalue weighted by atomic mass is 10.1. The molecule has 2 heteroatoms. The molecule has 0 aromatic heterocycles. The Balaban J connectivity index is 1.71. The van der Waals surface area contributed by atoms with Gasteiger partial charge in [-0.25, -0.2) is 0 Å². The minimum absolute atomic E-state index is 0.717. The number of rotatable bonds is 1. The molecule has 0 unspecified atom stereocenters. The van der Waals surface area contributed by atoms with E-state index in [1.54, 1.807) is 0 Å². The Morgan fingerprint density at radius 1 is 0.909 bits per heavy atom. The van der Waals surface area contributed by atoms with E-state index < -0.39 is 0 Å². The third kappa shape index (κ3) is 2.16. The smallest absolute Gasteiger partial charge is 0.246 e. The Morgan fingerprint density at radius 3 is 2.55 bits per heavy atom. The fourth-order valence-electron chi connectivity index (χ4n) is 2.67. The highest BCUT2D eigenvalue weighted by Gasteiger charge is 2.21. The van der Waals surface area contributed by atoms with Crippen LogP contribution in [-0.4, -0.2) is 7.05 Å². The first-order chi connectivity index (χ1) is 10.8. The van der Waals surface area contributed by atoms with Gasteiger partial charge in [-0.05, 0) is 40.6 Å². The standard InChI is InChI=1S/C20H15NO/c1-21-18-8-4-5-9-19(18)22-20(21)13-11-15-10-12-16-6-2-3-7-17(16)14-15/h2-12,14H,1H3. The van der Waals surface area contributed by atoms with E-state index in [1.165, 1.54) is 10.8 Å². The molecule has 3 aromatic carbocycles. The van der Waals surface area contributed by atoms with Crippen LogP contribution in [0.25, 0.3) is 16.8 Å². The predicted octanol–water partition coefficient (Wildman–Crippen LogP) is 4.82. The van der Waals surface area contributed by atoms with Crippen molar-refractivity contribution in [3.8, 4) is 5.75 Å². The average Bonchev–Trinajstić information content (AvgIpc) is 2.89. The maximum Gasteiger partial charge on any atom is 0.246 e. The van der Waals surface area contributed by atoms with Gasteiger partial charge in [0.1, 0.15) is 0 Å². The van der Waals surface area contributed by atoms with Crippen LogP contribution >= 0.6 is 0 Å². The number of ether oxygens (including phenoxy) is 1. The van der Waals surface area contributed by atoms with Crippen LogP contribution in [0.1, 0.15) is 5.56 Å². The molecule has 0 N–H and O–H groups in total. The average molecular weight is 285 g/mol. The number of fused-ring (bicyclic) bond motifs is 2. The van der Waals surface area contributed by atoms with Crippen molar-refractivity contribution in [3.05, 3.63) is 83.9 Å². The van der Waals surface area contributed by atoms with Crippen molar-refractivity contribution in [3.63, 3.8) is 0 Å². The molecule has 0 radical (unpaired) electrons. The number of benzene rings is 3. The molecule has 1 aliphatic heterocycles. The highest BCUT2D eigenvalue weighted by atomic mass is 16.5. The van der Waals surface area contributed by atoms with Gasteiger partial charge in [0.2, 0.25) is 5.88 Å². The first-order valence-electron chi connectivity index (χ1n) is 7.27. The third-order valence-corrected chi connectivity index (χ3v) is 3.87. The Morgan fingerprint density at radius 2 is 1.68 bits per heavy atom. The van der Waals surface area contributed by atoms with E-state index in [2.05, 4.69) is 48.2 Å². The lowest BCUT2D eigenvalue weighted by molar-refractivity contribution is 0.445. The second kappa shape index (κ2) is 5.10. The molecule has 0 bridgehead atoms. The van der Waals surface area contributed by atoms with Gasteiger partial charge in [0.25, 0.3) is 0 Å². The first-order valence-corrected chi connectivity index (χ1v) is 7.27. The molecule has 0 atom stereocenters. The van der Waals surface area contributed by atoms with E-state index in [0.717, 1.165) is 17.0 Å². The summed E-state index contributed by atoms with van der Waals surface area (Å²) in [4.78, 5) is 2.01. The normalized spacial score (nSPS) is 12.8. The zero-order valence-corrected chi connectivity index (χ0v) is 12.3. The van der Waals surface area contributed by atoms with Gasteiger partial charge in [0.15, 0.2) is 5.75 Å². The van der Waals surface area contributed by atoms with Gasteiger partial charge in [-0.3, -0.25) is 0 Å². The minimum Gasteiger partial charge on any atom is -0.432 e. The molecule has 0 fully saturated rings. The molecule has 0 spiro atoms. The van der Waals surface area contributed by atoms with E-state index in [1.807, 2.05) is 42.3 Å². The van der Waals surface area contributed by atoms with Gasteiger partial charge in [0.05, 0.1) is 5.69 Å². The Bertz CT molecular complexity index is 920. The molecule has 1 heterocycles. The second-order valence-corrected chi connectivity index (χ2v) is 5.33. The summed E-state index contributed by atoms with van der Waals surface area (Å²) in [6, 6.07) is 22.7. The summed E-state index contributed by atoms with van der Waals surface area (Å²) >= 11 is 0. The number of nitrogens with zero attached hydrogens (tertiary/aromatic N) is 1. The summed E-state index contributed by atoms with van der Waals surface area (Å²) in [5, 5.41) is 2.47. The van der Waals surface area contributed by atoms with Gasteiger partial charge in [-0.15, -0.1) is 0 Å². The zero-order valence-electron chi connectivity index (χ0n) is 12.3. The van der Waals surface area contributed by atoms with Crippen molar-refractivity contribution in [1.82, 2.24) is 0 Å². The molecule has 0 saturated heterocycles.